The predicted molar refractivity (Wildman–Crippen MR) is 165 cm³/mol. The Kier molecular flexibility index (Phi) is 4.33. The SMILES string of the molecule is N#Cc1ccc2c(c1)c1ccccc1n2-c1cccc(-n2c3ccccc3c3c4oc5cccnc5c4ccc32)c1. The Morgan fingerprint density at radius 1 is 0.585 bits per heavy atom. The molecule has 4 aromatic heterocycles. The van der Waals surface area contributed by atoms with Crippen LogP contribution in [0.25, 0.3) is 77.1 Å². The van der Waals surface area contributed by atoms with Gasteiger partial charge >= 0.3 is 0 Å². The number of pyridine rings is 1. The van der Waals surface area contributed by atoms with Gasteiger partial charge in [-0.3, -0.25) is 4.98 Å². The van der Waals surface area contributed by atoms with Gasteiger partial charge in [0.1, 0.15) is 11.1 Å². The van der Waals surface area contributed by atoms with E-state index in [1.807, 2.05) is 42.6 Å². The molecule has 41 heavy (non-hydrogen) atoms. The van der Waals surface area contributed by atoms with Crippen LogP contribution in [0.15, 0.2) is 126 Å². The number of furan rings is 1. The number of nitriles is 1. The lowest BCUT2D eigenvalue weighted by atomic mass is 10.1. The van der Waals surface area contributed by atoms with Crippen LogP contribution in [0, 0.1) is 11.3 Å². The highest BCUT2D eigenvalue weighted by Gasteiger charge is 2.19. The van der Waals surface area contributed by atoms with E-state index in [1.54, 1.807) is 0 Å². The predicted octanol–water partition coefficient (Wildman–Crippen LogP) is 9.05. The van der Waals surface area contributed by atoms with Gasteiger partial charge in [-0.1, -0.05) is 42.5 Å². The van der Waals surface area contributed by atoms with Crippen molar-refractivity contribution in [2.24, 2.45) is 0 Å². The quantitative estimate of drug-likeness (QED) is 0.227. The van der Waals surface area contributed by atoms with E-state index < -0.39 is 0 Å². The maximum atomic E-state index is 9.55. The standard InChI is InChI=1S/C36H20N4O/c37-21-22-14-16-31-28(19-22)25-9-1-3-11-29(25)39(31)23-7-5-8-24(20-23)40-30-12-4-2-10-26(30)34-32(40)17-15-27-35-33(41-36(27)34)13-6-18-38-35/h1-20H. The number of aromatic nitrogens is 3. The van der Waals surface area contributed by atoms with E-state index in [0.717, 1.165) is 77.1 Å². The lowest BCUT2D eigenvalue weighted by molar-refractivity contribution is 0.672. The maximum absolute atomic E-state index is 9.55. The number of rotatable bonds is 2. The van der Waals surface area contributed by atoms with Crippen LogP contribution in [0.2, 0.25) is 0 Å². The molecule has 0 unspecified atom stereocenters. The third-order valence-electron chi connectivity index (χ3n) is 8.18. The van der Waals surface area contributed by atoms with Gasteiger partial charge in [-0.05, 0) is 72.8 Å². The van der Waals surface area contributed by atoms with Crippen LogP contribution >= 0.6 is 0 Å². The van der Waals surface area contributed by atoms with Crippen molar-refractivity contribution in [1.82, 2.24) is 14.1 Å². The van der Waals surface area contributed by atoms with Gasteiger partial charge in [-0.2, -0.15) is 5.26 Å². The van der Waals surface area contributed by atoms with Crippen LogP contribution in [0.4, 0.5) is 0 Å². The summed E-state index contributed by atoms with van der Waals surface area (Å²) in [5.74, 6) is 0. The first-order valence-corrected chi connectivity index (χ1v) is 13.5. The molecule has 0 saturated heterocycles. The normalized spacial score (nSPS) is 11.9. The number of para-hydroxylation sites is 2. The molecule has 0 saturated carbocycles. The fourth-order valence-electron chi connectivity index (χ4n) is 6.48. The van der Waals surface area contributed by atoms with E-state index >= 15 is 0 Å². The first-order valence-electron chi connectivity index (χ1n) is 13.5. The van der Waals surface area contributed by atoms with Crippen LogP contribution in [0.3, 0.4) is 0 Å². The first-order chi connectivity index (χ1) is 20.3. The molecular formula is C36H20N4O. The van der Waals surface area contributed by atoms with Gasteiger partial charge in [0.15, 0.2) is 5.58 Å². The molecule has 4 heterocycles. The molecule has 0 N–H and O–H groups in total. The molecule has 0 radical (unpaired) electrons. The highest BCUT2D eigenvalue weighted by molar-refractivity contribution is 6.23. The Hall–Kier alpha value is -5.86. The minimum absolute atomic E-state index is 0.659. The number of fused-ring (bicyclic) bond motifs is 10. The molecule has 0 aliphatic carbocycles. The Balaban J connectivity index is 1.35. The summed E-state index contributed by atoms with van der Waals surface area (Å²) in [6, 6.07) is 41.9. The molecule has 0 amide bonds. The minimum atomic E-state index is 0.659. The summed E-state index contributed by atoms with van der Waals surface area (Å²) in [6.07, 6.45) is 1.81. The summed E-state index contributed by atoms with van der Waals surface area (Å²) in [4.78, 5) is 4.60. The molecule has 5 heteroatoms. The molecule has 9 aromatic rings. The van der Waals surface area contributed by atoms with Crippen molar-refractivity contribution in [1.29, 1.82) is 5.26 Å². The minimum Gasteiger partial charge on any atom is -0.454 e. The zero-order chi connectivity index (χ0) is 27.1. The molecular weight excluding hydrogens is 504 g/mol. The molecule has 0 fully saturated rings. The second-order valence-electron chi connectivity index (χ2n) is 10.4. The second-order valence-corrected chi connectivity index (χ2v) is 10.4. The van der Waals surface area contributed by atoms with Crippen LogP contribution < -0.4 is 0 Å². The van der Waals surface area contributed by atoms with Crippen LogP contribution in [0.1, 0.15) is 5.56 Å². The van der Waals surface area contributed by atoms with Crippen molar-refractivity contribution < 1.29 is 4.42 Å². The van der Waals surface area contributed by atoms with Gasteiger partial charge in [0, 0.05) is 39.1 Å². The average molecular weight is 525 g/mol. The van der Waals surface area contributed by atoms with Crippen molar-refractivity contribution in [2.75, 3.05) is 0 Å². The van der Waals surface area contributed by atoms with Gasteiger partial charge in [-0.15, -0.1) is 0 Å². The number of hydrogen-bond donors (Lipinski definition) is 0. The highest BCUT2D eigenvalue weighted by Crippen LogP contribution is 2.40. The van der Waals surface area contributed by atoms with Gasteiger partial charge in [0.2, 0.25) is 0 Å². The van der Waals surface area contributed by atoms with Crippen molar-refractivity contribution in [3.8, 4) is 17.4 Å². The molecule has 0 spiro atoms. The molecule has 5 nitrogen and oxygen atoms in total. The maximum Gasteiger partial charge on any atom is 0.153 e. The van der Waals surface area contributed by atoms with E-state index in [0.29, 0.717) is 5.56 Å². The molecule has 0 bridgehead atoms. The summed E-state index contributed by atoms with van der Waals surface area (Å²) < 4.78 is 11.0. The molecule has 9 rings (SSSR count). The largest absolute Gasteiger partial charge is 0.454 e. The van der Waals surface area contributed by atoms with Crippen LogP contribution in [-0.2, 0) is 0 Å². The fraction of sp³-hybridized carbons (Fsp3) is 0. The molecule has 5 aromatic carbocycles. The van der Waals surface area contributed by atoms with E-state index in [2.05, 4.69) is 99.1 Å². The van der Waals surface area contributed by atoms with Gasteiger partial charge < -0.3 is 13.6 Å². The third kappa shape index (κ3) is 2.96. The highest BCUT2D eigenvalue weighted by atomic mass is 16.3. The van der Waals surface area contributed by atoms with Crippen molar-refractivity contribution >= 4 is 65.7 Å². The topological polar surface area (TPSA) is 59.7 Å². The zero-order valence-corrected chi connectivity index (χ0v) is 21.7. The van der Waals surface area contributed by atoms with Crippen molar-refractivity contribution in [3.63, 3.8) is 0 Å². The summed E-state index contributed by atoms with van der Waals surface area (Å²) >= 11 is 0. The first kappa shape index (κ1) is 22.0. The third-order valence-corrected chi connectivity index (χ3v) is 8.18. The van der Waals surface area contributed by atoms with Gasteiger partial charge in [0.25, 0.3) is 0 Å². The fourth-order valence-corrected chi connectivity index (χ4v) is 6.48. The van der Waals surface area contributed by atoms with E-state index in [1.165, 1.54) is 0 Å². The Morgan fingerprint density at radius 2 is 1.29 bits per heavy atom. The van der Waals surface area contributed by atoms with Crippen LogP contribution in [0.5, 0.6) is 0 Å². The second kappa shape index (κ2) is 8.08. The van der Waals surface area contributed by atoms with Gasteiger partial charge in [-0.25, -0.2) is 0 Å². The van der Waals surface area contributed by atoms with Gasteiger partial charge in [0.05, 0.1) is 39.1 Å². The van der Waals surface area contributed by atoms with Crippen molar-refractivity contribution in [3.05, 3.63) is 127 Å². The Bertz CT molecular complexity index is 2560. The molecule has 0 atom stereocenters. The monoisotopic (exact) mass is 524 g/mol. The van der Waals surface area contributed by atoms with E-state index in [9.17, 15) is 5.26 Å². The number of nitrogens with zero attached hydrogens (tertiary/aromatic N) is 4. The lowest BCUT2D eigenvalue weighted by Crippen LogP contribution is -1.98. The molecule has 0 aliphatic heterocycles. The number of benzene rings is 5. The summed E-state index contributed by atoms with van der Waals surface area (Å²) in [5, 5.41) is 15.0. The lowest BCUT2D eigenvalue weighted by Gasteiger charge is -2.12. The summed E-state index contributed by atoms with van der Waals surface area (Å²) in [5.41, 5.74) is 9.67. The Morgan fingerprint density at radius 3 is 2.12 bits per heavy atom. The van der Waals surface area contributed by atoms with Crippen molar-refractivity contribution in [2.45, 2.75) is 0 Å². The summed E-state index contributed by atoms with van der Waals surface area (Å²) in [7, 11) is 0. The van der Waals surface area contributed by atoms with E-state index in [4.69, 9.17) is 4.42 Å². The zero-order valence-electron chi connectivity index (χ0n) is 21.7. The van der Waals surface area contributed by atoms with E-state index in [-0.39, 0.29) is 0 Å². The molecule has 0 aliphatic rings. The Labute approximate surface area is 233 Å². The smallest absolute Gasteiger partial charge is 0.153 e. The average Bonchev–Trinajstić information content (AvgIpc) is 3.68. The number of hydrogen-bond acceptors (Lipinski definition) is 3. The summed E-state index contributed by atoms with van der Waals surface area (Å²) in [6.45, 7) is 0. The van der Waals surface area contributed by atoms with Crippen LogP contribution in [-0.4, -0.2) is 14.1 Å². The molecule has 190 valence electrons.